The van der Waals surface area contributed by atoms with Crippen molar-refractivity contribution < 1.29 is 19.0 Å². The molecule has 3 rings (SSSR count). The lowest BCUT2D eigenvalue weighted by molar-refractivity contribution is -0.204. The summed E-state index contributed by atoms with van der Waals surface area (Å²) in [5, 5.41) is 10.8. The normalized spacial score (nSPS) is 24.1. The standard InChI is InChI=1S/C15H19FO3S/c1-20-12-4-2-3-11(13(12)16)14(17)5-7-15(8-6-14)18-9-10-19-15/h2-4,17H,5-10H2,1H3. The van der Waals surface area contributed by atoms with E-state index in [0.29, 0.717) is 49.4 Å². The predicted octanol–water partition coefficient (Wildman–Crippen LogP) is 3.05. The molecule has 1 aliphatic heterocycles. The molecule has 0 bridgehead atoms. The van der Waals surface area contributed by atoms with Gasteiger partial charge < -0.3 is 14.6 Å². The number of benzene rings is 1. The lowest BCUT2D eigenvalue weighted by Crippen LogP contribution is -2.42. The van der Waals surface area contributed by atoms with Crippen molar-refractivity contribution >= 4 is 11.8 Å². The number of hydrogen-bond acceptors (Lipinski definition) is 4. The molecule has 1 aromatic rings. The fourth-order valence-corrected chi connectivity index (χ4v) is 3.63. The molecular weight excluding hydrogens is 279 g/mol. The first-order valence-electron chi connectivity index (χ1n) is 6.92. The van der Waals surface area contributed by atoms with Crippen LogP contribution in [0.4, 0.5) is 4.39 Å². The van der Waals surface area contributed by atoms with Crippen LogP contribution in [0.1, 0.15) is 31.2 Å². The maximum atomic E-state index is 14.4. The number of hydrogen-bond donors (Lipinski definition) is 1. The molecule has 1 saturated carbocycles. The number of aliphatic hydroxyl groups is 1. The van der Waals surface area contributed by atoms with Crippen molar-refractivity contribution in [2.45, 2.75) is 42.0 Å². The van der Waals surface area contributed by atoms with E-state index in [9.17, 15) is 9.50 Å². The van der Waals surface area contributed by atoms with E-state index in [1.807, 2.05) is 6.26 Å². The molecule has 0 amide bonds. The first kappa shape index (κ1) is 14.3. The summed E-state index contributed by atoms with van der Waals surface area (Å²) in [4.78, 5) is 0.574. The maximum absolute atomic E-state index is 14.4. The van der Waals surface area contributed by atoms with Gasteiger partial charge in [-0.15, -0.1) is 11.8 Å². The molecule has 20 heavy (non-hydrogen) atoms. The van der Waals surface area contributed by atoms with Gasteiger partial charge in [-0.3, -0.25) is 0 Å². The maximum Gasteiger partial charge on any atom is 0.168 e. The van der Waals surface area contributed by atoms with E-state index in [1.54, 1.807) is 18.2 Å². The topological polar surface area (TPSA) is 38.7 Å². The Labute approximate surface area is 122 Å². The molecule has 2 fully saturated rings. The minimum absolute atomic E-state index is 0.299. The molecule has 110 valence electrons. The van der Waals surface area contributed by atoms with Gasteiger partial charge in [0.05, 0.1) is 18.8 Å². The van der Waals surface area contributed by atoms with E-state index in [0.717, 1.165) is 0 Å². The molecule has 3 nitrogen and oxygen atoms in total. The van der Waals surface area contributed by atoms with Crippen molar-refractivity contribution in [3.05, 3.63) is 29.6 Å². The Morgan fingerprint density at radius 1 is 1.15 bits per heavy atom. The lowest BCUT2D eigenvalue weighted by Gasteiger charge is -2.41. The highest BCUT2D eigenvalue weighted by molar-refractivity contribution is 7.98. The van der Waals surface area contributed by atoms with Gasteiger partial charge in [0.1, 0.15) is 5.82 Å². The largest absolute Gasteiger partial charge is 0.385 e. The highest BCUT2D eigenvalue weighted by Gasteiger charge is 2.47. The second kappa shape index (κ2) is 5.30. The van der Waals surface area contributed by atoms with Gasteiger partial charge in [0.2, 0.25) is 0 Å². The monoisotopic (exact) mass is 298 g/mol. The molecule has 1 heterocycles. The van der Waals surface area contributed by atoms with Gasteiger partial charge in [-0.2, -0.15) is 0 Å². The quantitative estimate of drug-likeness (QED) is 0.852. The van der Waals surface area contributed by atoms with E-state index < -0.39 is 11.4 Å². The molecule has 1 spiro atoms. The molecule has 1 aromatic carbocycles. The third kappa shape index (κ3) is 2.37. The average Bonchev–Trinajstić information content (AvgIpc) is 2.92. The summed E-state index contributed by atoms with van der Waals surface area (Å²) >= 11 is 1.36. The van der Waals surface area contributed by atoms with Crippen molar-refractivity contribution in [1.29, 1.82) is 0 Å². The Morgan fingerprint density at radius 2 is 1.80 bits per heavy atom. The smallest absolute Gasteiger partial charge is 0.168 e. The lowest BCUT2D eigenvalue weighted by atomic mass is 9.77. The van der Waals surface area contributed by atoms with E-state index in [-0.39, 0.29) is 5.82 Å². The molecule has 0 aromatic heterocycles. The molecule has 0 atom stereocenters. The summed E-state index contributed by atoms with van der Waals surface area (Å²) in [6.45, 7) is 1.21. The third-order valence-corrected chi connectivity index (χ3v) is 5.09. The summed E-state index contributed by atoms with van der Waals surface area (Å²) in [6, 6.07) is 5.22. The summed E-state index contributed by atoms with van der Waals surface area (Å²) < 4.78 is 25.7. The Kier molecular flexibility index (Phi) is 3.79. The van der Waals surface area contributed by atoms with Crippen LogP contribution in [0.15, 0.2) is 23.1 Å². The van der Waals surface area contributed by atoms with E-state index in [4.69, 9.17) is 9.47 Å². The SMILES string of the molecule is CSc1cccc(C2(O)CCC3(CC2)OCCO3)c1F. The van der Waals surface area contributed by atoms with Crippen LogP contribution < -0.4 is 0 Å². The molecule has 0 radical (unpaired) electrons. The van der Waals surface area contributed by atoms with Crippen LogP contribution in [0, 0.1) is 5.82 Å². The van der Waals surface area contributed by atoms with E-state index in [2.05, 4.69) is 0 Å². The second-order valence-electron chi connectivity index (χ2n) is 5.46. The zero-order valence-corrected chi connectivity index (χ0v) is 12.3. The zero-order valence-electron chi connectivity index (χ0n) is 11.5. The van der Waals surface area contributed by atoms with Gasteiger partial charge in [-0.1, -0.05) is 12.1 Å². The first-order valence-corrected chi connectivity index (χ1v) is 8.14. The molecule has 5 heteroatoms. The van der Waals surface area contributed by atoms with Crippen LogP contribution in [0.5, 0.6) is 0 Å². The van der Waals surface area contributed by atoms with Crippen LogP contribution in [0.2, 0.25) is 0 Å². The summed E-state index contributed by atoms with van der Waals surface area (Å²) in [6.07, 6.45) is 3.96. The zero-order chi connectivity index (χ0) is 14.2. The molecule has 0 unspecified atom stereocenters. The second-order valence-corrected chi connectivity index (χ2v) is 6.31. The van der Waals surface area contributed by atoms with Crippen LogP contribution in [0.3, 0.4) is 0 Å². The third-order valence-electron chi connectivity index (χ3n) is 4.34. The molecule has 1 N–H and O–H groups in total. The Morgan fingerprint density at radius 3 is 2.40 bits per heavy atom. The van der Waals surface area contributed by atoms with Gasteiger partial charge in [-0.25, -0.2) is 4.39 Å². The van der Waals surface area contributed by atoms with Gasteiger partial charge in [0, 0.05) is 23.3 Å². The number of thioether (sulfide) groups is 1. The highest BCUT2D eigenvalue weighted by Crippen LogP contribution is 2.46. The number of ether oxygens (including phenoxy) is 2. The summed E-state index contributed by atoms with van der Waals surface area (Å²) in [5.74, 6) is -0.841. The Bertz CT molecular complexity index is 490. The minimum Gasteiger partial charge on any atom is -0.385 e. The van der Waals surface area contributed by atoms with Crippen molar-refractivity contribution in [2.75, 3.05) is 19.5 Å². The van der Waals surface area contributed by atoms with Gasteiger partial charge in [0.15, 0.2) is 5.79 Å². The molecule has 1 aliphatic carbocycles. The van der Waals surface area contributed by atoms with Crippen molar-refractivity contribution in [3.63, 3.8) is 0 Å². The van der Waals surface area contributed by atoms with Crippen molar-refractivity contribution in [2.24, 2.45) is 0 Å². The molecule has 1 saturated heterocycles. The number of halogens is 1. The van der Waals surface area contributed by atoms with E-state index >= 15 is 0 Å². The predicted molar refractivity (Wildman–Crippen MR) is 75.2 cm³/mol. The minimum atomic E-state index is -1.11. The fourth-order valence-electron chi connectivity index (χ4n) is 3.13. The van der Waals surface area contributed by atoms with Crippen LogP contribution >= 0.6 is 11.8 Å². The van der Waals surface area contributed by atoms with Crippen LogP contribution in [-0.2, 0) is 15.1 Å². The summed E-state index contributed by atoms with van der Waals surface area (Å²) in [5.41, 5.74) is -0.715. The summed E-state index contributed by atoms with van der Waals surface area (Å²) in [7, 11) is 0. The fraction of sp³-hybridized carbons (Fsp3) is 0.600. The van der Waals surface area contributed by atoms with E-state index in [1.165, 1.54) is 11.8 Å². The van der Waals surface area contributed by atoms with Gasteiger partial charge >= 0.3 is 0 Å². The van der Waals surface area contributed by atoms with Crippen molar-refractivity contribution in [1.82, 2.24) is 0 Å². The molecular formula is C15H19FO3S. The van der Waals surface area contributed by atoms with Gasteiger partial charge in [-0.05, 0) is 25.2 Å². The Balaban J connectivity index is 1.84. The average molecular weight is 298 g/mol. The number of rotatable bonds is 2. The first-order chi connectivity index (χ1) is 9.59. The highest BCUT2D eigenvalue weighted by atomic mass is 32.2. The Hall–Kier alpha value is -0.620. The van der Waals surface area contributed by atoms with Crippen LogP contribution in [0.25, 0.3) is 0 Å². The molecule has 2 aliphatic rings. The van der Waals surface area contributed by atoms with Crippen LogP contribution in [-0.4, -0.2) is 30.4 Å². The van der Waals surface area contributed by atoms with Crippen molar-refractivity contribution in [3.8, 4) is 0 Å². The van der Waals surface area contributed by atoms with Gasteiger partial charge in [0.25, 0.3) is 0 Å².